The second-order valence-corrected chi connectivity index (χ2v) is 9.23. The summed E-state index contributed by atoms with van der Waals surface area (Å²) in [5.74, 6) is -0.357. The number of allylic oxidation sites excluding steroid dienone is 3. The van der Waals surface area contributed by atoms with E-state index in [0.29, 0.717) is 27.4 Å². The maximum atomic E-state index is 12.7. The molecule has 6 heteroatoms. The highest BCUT2D eigenvalue weighted by atomic mass is 79.9. The standard InChI is InChI=1S/C25H23BrN2O2S/c1-4-17-8-10-18(11-9-17)24-21(13-27)25(28-15(2)23(24)16(3)29)31-14-22(30)19-6-5-7-20(26)12-19/h5-12,24,28H,4,14H2,1-3H3/t24-/m0/s1. The molecule has 0 unspecified atom stereocenters. The van der Waals surface area contributed by atoms with E-state index in [0.717, 1.165) is 16.5 Å². The van der Waals surface area contributed by atoms with Crippen molar-refractivity contribution in [1.82, 2.24) is 5.32 Å². The number of benzene rings is 2. The summed E-state index contributed by atoms with van der Waals surface area (Å²) in [5.41, 5.74) is 4.47. The molecule has 0 saturated carbocycles. The van der Waals surface area contributed by atoms with E-state index in [1.165, 1.54) is 24.2 Å². The highest BCUT2D eigenvalue weighted by Gasteiger charge is 2.33. The van der Waals surface area contributed by atoms with Crippen LogP contribution in [0, 0.1) is 11.3 Å². The van der Waals surface area contributed by atoms with Crippen LogP contribution in [0.25, 0.3) is 0 Å². The topological polar surface area (TPSA) is 70.0 Å². The Kier molecular flexibility index (Phi) is 7.53. The number of rotatable bonds is 7. The second kappa shape index (κ2) is 10.1. The van der Waals surface area contributed by atoms with Gasteiger partial charge in [-0.25, -0.2) is 0 Å². The first-order valence-electron chi connectivity index (χ1n) is 9.99. The van der Waals surface area contributed by atoms with Gasteiger partial charge >= 0.3 is 0 Å². The van der Waals surface area contributed by atoms with Gasteiger partial charge in [-0.05, 0) is 43.5 Å². The largest absolute Gasteiger partial charge is 0.353 e. The number of carbonyl (C=O) groups excluding carboxylic acids is 2. The average Bonchev–Trinajstić information content (AvgIpc) is 2.76. The zero-order valence-electron chi connectivity index (χ0n) is 17.7. The van der Waals surface area contributed by atoms with Crippen LogP contribution in [0.1, 0.15) is 48.2 Å². The number of nitrogens with zero attached hydrogens (tertiary/aromatic N) is 1. The Morgan fingerprint density at radius 1 is 1.19 bits per heavy atom. The smallest absolute Gasteiger partial charge is 0.173 e. The van der Waals surface area contributed by atoms with Gasteiger partial charge in [0.1, 0.15) is 0 Å². The first kappa shape index (κ1) is 23.1. The molecular formula is C25H23BrN2O2S. The lowest BCUT2D eigenvalue weighted by atomic mass is 9.81. The Labute approximate surface area is 195 Å². The van der Waals surface area contributed by atoms with Gasteiger partial charge < -0.3 is 5.32 Å². The number of Topliss-reactive ketones (excluding diaryl/α,β-unsaturated/α-hetero) is 2. The minimum atomic E-state index is -0.446. The van der Waals surface area contributed by atoms with Crippen molar-refractivity contribution in [3.8, 4) is 6.07 Å². The fraction of sp³-hybridized carbons (Fsp3) is 0.240. The summed E-state index contributed by atoms with van der Waals surface area (Å²) in [6, 6.07) is 17.6. The van der Waals surface area contributed by atoms with Crippen molar-refractivity contribution in [3.05, 3.63) is 91.6 Å². The van der Waals surface area contributed by atoms with Crippen LogP contribution >= 0.6 is 27.7 Å². The van der Waals surface area contributed by atoms with E-state index in [1.807, 2.05) is 43.3 Å². The Bertz CT molecular complexity index is 1130. The van der Waals surface area contributed by atoms with Gasteiger partial charge in [-0.1, -0.05) is 71.0 Å². The Morgan fingerprint density at radius 3 is 2.48 bits per heavy atom. The van der Waals surface area contributed by atoms with Crippen LogP contribution < -0.4 is 5.32 Å². The second-order valence-electron chi connectivity index (χ2n) is 7.32. The molecule has 1 heterocycles. The number of nitrogens with one attached hydrogen (secondary N) is 1. The minimum Gasteiger partial charge on any atom is -0.353 e. The summed E-state index contributed by atoms with van der Waals surface area (Å²) in [6.45, 7) is 5.45. The Balaban J connectivity index is 1.95. The molecule has 1 aliphatic rings. The zero-order chi connectivity index (χ0) is 22.5. The predicted octanol–water partition coefficient (Wildman–Crippen LogP) is 5.91. The Hall–Kier alpha value is -2.62. The summed E-state index contributed by atoms with van der Waals surface area (Å²) in [7, 11) is 0. The van der Waals surface area contributed by atoms with Gasteiger partial charge in [0.25, 0.3) is 0 Å². The highest BCUT2D eigenvalue weighted by Crippen LogP contribution is 2.41. The van der Waals surface area contributed by atoms with Crippen molar-refractivity contribution in [2.45, 2.75) is 33.1 Å². The molecule has 2 aromatic carbocycles. The van der Waals surface area contributed by atoms with Crippen LogP contribution in [0.15, 0.2) is 74.9 Å². The molecule has 0 amide bonds. The van der Waals surface area contributed by atoms with Gasteiger partial charge in [-0.15, -0.1) is 0 Å². The normalized spacial score (nSPS) is 16.0. The fourth-order valence-electron chi connectivity index (χ4n) is 3.66. The summed E-state index contributed by atoms with van der Waals surface area (Å²) >= 11 is 4.69. The van der Waals surface area contributed by atoms with Gasteiger partial charge in [0.2, 0.25) is 0 Å². The number of hydrogen-bond acceptors (Lipinski definition) is 5. The first-order chi connectivity index (χ1) is 14.8. The molecule has 31 heavy (non-hydrogen) atoms. The van der Waals surface area contributed by atoms with Crippen LogP contribution in [0.2, 0.25) is 0 Å². The molecule has 4 nitrogen and oxygen atoms in total. The number of hydrogen-bond donors (Lipinski definition) is 1. The lowest BCUT2D eigenvalue weighted by Crippen LogP contribution is -2.27. The average molecular weight is 495 g/mol. The first-order valence-corrected chi connectivity index (χ1v) is 11.8. The number of halogens is 1. The van der Waals surface area contributed by atoms with E-state index in [-0.39, 0.29) is 17.3 Å². The van der Waals surface area contributed by atoms with Crippen LogP contribution in [0.3, 0.4) is 0 Å². The van der Waals surface area contributed by atoms with E-state index >= 15 is 0 Å². The lowest BCUT2D eigenvalue weighted by molar-refractivity contribution is -0.113. The van der Waals surface area contributed by atoms with Crippen molar-refractivity contribution >= 4 is 39.3 Å². The Morgan fingerprint density at radius 2 is 1.90 bits per heavy atom. The maximum Gasteiger partial charge on any atom is 0.173 e. The van der Waals surface area contributed by atoms with Gasteiger partial charge in [0, 0.05) is 21.3 Å². The number of dihydropyridines is 1. The van der Waals surface area contributed by atoms with Crippen LogP contribution in [0.5, 0.6) is 0 Å². The molecule has 0 radical (unpaired) electrons. The van der Waals surface area contributed by atoms with Crippen LogP contribution in [0.4, 0.5) is 0 Å². The molecule has 0 fully saturated rings. The summed E-state index contributed by atoms with van der Waals surface area (Å²) in [5, 5.41) is 13.8. The van der Waals surface area contributed by atoms with E-state index < -0.39 is 5.92 Å². The third kappa shape index (κ3) is 5.17. The summed E-state index contributed by atoms with van der Waals surface area (Å²) in [6.07, 6.45) is 0.917. The van der Waals surface area contributed by atoms with Crippen LogP contribution in [-0.2, 0) is 11.2 Å². The van der Waals surface area contributed by atoms with E-state index in [2.05, 4.69) is 34.2 Å². The monoisotopic (exact) mass is 494 g/mol. The van der Waals surface area contributed by atoms with Gasteiger partial charge in [0.15, 0.2) is 11.6 Å². The number of carbonyl (C=O) groups is 2. The number of nitriles is 1. The summed E-state index contributed by atoms with van der Waals surface area (Å²) in [4.78, 5) is 25.1. The third-order valence-corrected chi connectivity index (χ3v) is 6.75. The molecule has 0 bridgehead atoms. The SMILES string of the molecule is CCc1ccc([C@H]2C(C#N)=C(SCC(=O)c3cccc(Br)c3)NC(C)=C2C(C)=O)cc1. The third-order valence-electron chi connectivity index (χ3n) is 5.24. The number of ketones is 2. The quantitative estimate of drug-likeness (QED) is 0.484. The maximum absolute atomic E-state index is 12.7. The van der Waals surface area contributed by atoms with E-state index in [9.17, 15) is 14.9 Å². The molecule has 3 rings (SSSR count). The zero-order valence-corrected chi connectivity index (χ0v) is 20.1. The van der Waals surface area contributed by atoms with Crippen LogP contribution in [-0.4, -0.2) is 17.3 Å². The minimum absolute atomic E-state index is 0.0271. The van der Waals surface area contributed by atoms with E-state index in [4.69, 9.17) is 0 Å². The number of aryl methyl sites for hydroxylation is 1. The van der Waals surface area contributed by atoms with Gasteiger partial charge in [0.05, 0.1) is 28.3 Å². The molecule has 1 aliphatic heterocycles. The molecular weight excluding hydrogens is 472 g/mol. The molecule has 0 spiro atoms. The predicted molar refractivity (Wildman–Crippen MR) is 129 cm³/mol. The molecule has 0 saturated heterocycles. The molecule has 1 atom stereocenters. The van der Waals surface area contributed by atoms with E-state index in [1.54, 1.807) is 12.1 Å². The van der Waals surface area contributed by atoms with Crippen molar-refractivity contribution in [3.63, 3.8) is 0 Å². The van der Waals surface area contributed by atoms with Crippen molar-refractivity contribution in [1.29, 1.82) is 5.26 Å². The molecule has 158 valence electrons. The van der Waals surface area contributed by atoms with Gasteiger partial charge in [-0.3, -0.25) is 9.59 Å². The number of thioether (sulfide) groups is 1. The molecule has 1 N–H and O–H groups in total. The van der Waals surface area contributed by atoms with Gasteiger partial charge in [-0.2, -0.15) is 5.26 Å². The van der Waals surface area contributed by atoms with Crippen molar-refractivity contribution in [2.24, 2.45) is 0 Å². The lowest BCUT2D eigenvalue weighted by Gasteiger charge is -2.29. The van der Waals surface area contributed by atoms with Crippen molar-refractivity contribution < 1.29 is 9.59 Å². The molecule has 0 aromatic heterocycles. The van der Waals surface area contributed by atoms with Crippen molar-refractivity contribution in [2.75, 3.05) is 5.75 Å². The molecule has 2 aromatic rings. The highest BCUT2D eigenvalue weighted by molar-refractivity contribution is 9.10. The summed E-state index contributed by atoms with van der Waals surface area (Å²) < 4.78 is 0.844. The molecule has 0 aliphatic carbocycles. The fourth-order valence-corrected chi connectivity index (χ4v) is 5.04.